The molecule has 6 nitrogen and oxygen atoms in total. The summed E-state index contributed by atoms with van der Waals surface area (Å²) in [6.07, 6.45) is 8.46. The maximum Gasteiger partial charge on any atom is 0.227 e. The van der Waals surface area contributed by atoms with Crippen molar-refractivity contribution in [3.63, 3.8) is 0 Å². The molecule has 6 heteroatoms. The summed E-state index contributed by atoms with van der Waals surface area (Å²) < 4.78 is 2.14. The van der Waals surface area contributed by atoms with Gasteiger partial charge in [-0.15, -0.1) is 0 Å². The Bertz CT molecular complexity index is 836. The summed E-state index contributed by atoms with van der Waals surface area (Å²) in [7, 11) is 0. The molecular formula is C19H24N6. The maximum atomic E-state index is 6.11. The first kappa shape index (κ1) is 15.9. The normalized spacial score (nSPS) is 15.5. The number of hydrogen-bond donors (Lipinski definition) is 2. The predicted octanol–water partition coefficient (Wildman–Crippen LogP) is 3.60. The molecule has 1 aliphatic carbocycles. The van der Waals surface area contributed by atoms with Crippen LogP contribution in [0.15, 0.2) is 36.7 Å². The van der Waals surface area contributed by atoms with Crippen molar-refractivity contribution in [1.82, 2.24) is 19.5 Å². The van der Waals surface area contributed by atoms with Crippen LogP contribution in [0.2, 0.25) is 0 Å². The standard InChI is InChI=1S/C19H24N6/c20-17-16-18(25(13-22-16)12-15-9-5-2-6-10-15)24-19(23-17)21-11-14-7-3-1-4-8-14/h1,3-4,7-8,13,15H,2,5-6,9-12H2,(H3,20,21,23,24). The van der Waals surface area contributed by atoms with E-state index in [0.29, 0.717) is 29.7 Å². The largest absolute Gasteiger partial charge is 0.382 e. The van der Waals surface area contributed by atoms with Crippen LogP contribution in [0.25, 0.3) is 11.2 Å². The summed E-state index contributed by atoms with van der Waals surface area (Å²) in [4.78, 5) is 13.5. The van der Waals surface area contributed by atoms with Crippen LogP contribution in [0.3, 0.4) is 0 Å². The third-order valence-electron chi connectivity index (χ3n) is 4.96. The van der Waals surface area contributed by atoms with Crippen LogP contribution in [0.4, 0.5) is 11.8 Å². The van der Waals surface area contributed by atoms with E-state index in [0.717, 1.165) is 12.2 Å². The Morgan fingerprint density at radius 2 is 1.88 bits per heavy atom. The van der Waals surface area contributed by atoms with Crippen LogP contribution >= 0.6 is 0 Å². The Hall–Kier alpha value is -2.63. The lowest BCUT2D eigenvalue weighted by molar-refractivity contribution is 0.321. The van der Waals surface area contributed by atoms with E-state index in [1.54, 1.807) is 0 Å². The van der Waals surface area contributed by atoms with Crippen LogP contribution in [0.1, 0.15) is 37.7 Å². The van der Waals surface area contributed by atoms with Crippen LogP contribution in [-0.2, 0) is 13.1 Å². The van der Waals surface area contributed by atoms with Crippen LogP contribution in [-0.4, -0.2) is 19.5 Å². The minimum atomic E-state index is 0.433. The molecule has 0 saturated heterocycles. The molecule has 1 fully saturated rings. The molecule has 2 heterocycles. The molecule has 0 unspecified atom stereocenters. The molecule has 1 aromatic carbocycles. The quantitative estimate of drug-likeness (QED) is 0.744. The van der Waals surface area contributed by atoms with E-state index in [-0.39, 0.29) is 0 Å². The fourth-order valence-corrected chi connectivity index (χ4v) is 3.60. The highest BCUT2D eigenvalue weighted by atomic mass is 15.2. The Morgan fingerprint density at radius 3 is 2.68 bits per heavy atom. The molecule has 2 aromatic heterocycles. The first-order valence-corrected chi connectivity index (χ1v) is 9.06. The van der Waals surface area contributed by atoms with E-state index in [9.17, 15) is 0 Å². The van der Waals surface area contributed by atoms with E-state index < -0.39 is 0 Å². The van der Waals surface area contributed by atoms with Crippen molar-refractivity contribution in [2.24, 2.45) is 5.92 Å². The van der Waals surface area contributed by atoms with Crippen molar-refractivity contribution in [3.8, 4) is 0 Å². The molecule has 1 saturated carbocycles. The third kappa shape index (κ3) is 3.57. The van der Waals surface area contributed by atoms with E-state index in [1.807, 2.05) is 24.5 Å². The Balaban J connectivity index is 1.55. The molecular weight excluding hydrogens is 312 g/mol. The van der Waals surface area contributed by atoms with Crippen molar-refractivity contribution < 1.29 is 0 Å². The Morgan fingerprint density at radius 1 is 1.08 bits per heavy atom. The topological polar surface area (TPSA) is 81.7 Å². The monoisotopic (exact) mass is 336 g/mol. The first-order valence-electron chi connectivity index (χ1n) is 9.06. The number of hydrogen-bond acceptors (Lipinski definition) is 5. The van der Waals surface area contributed by atoms with Crippen molar-refractivity contribution in [2.75, 3.05) is 11.1 Å². The molecule has 0 aliphatic heterocycles. The van der Waals surface area contributed by atoms with Gasteiger partial charge < -0.3 is 15.6 Å². The lowest BCUT2D eigenvalue weighted by atomic mass is 9.89. The van der Waals surface area contributed by atoms with Crippen LogP contribution in [0.5, 0.6) is 0 Å². The Labute approximate surface area is 147 Å². The van der Waals surface area contributed by atoms with Gasteiger partial charge in [0.1, 0.15) is 5.52 Å². The number of imidazole rings is 1. The lowest BCUT2D eigenvalue weighted by Crippen LogP contribution is -2.14. The molecule has 3 aromatic rings. The second kappa shape index (κ2) is 7.09. The predicted molar refractivity (Wildman–Crippen MR) is 100 cm³/mol. The van der Waals surface area contributed by atoms with Gasteiger partial charge in [0.05, 0.1) is 6.33 Å². The molecule has 0 amide bonds. The zero-order chi connectivity index (χ0) is 17.1. The summed E-state index contributed by atoms with van der Waals surface area (Å²) in [6, 6.07) is 10.2. The van der Waals surface area contributed by atoms with Crippen molar-refractivity contribution in [1.29, 1.82) is 0 Å². The number of fused-ring (bicyclic) bond motifs is 1. The van der Waals surface area contributed by atoms with Gasteiger partial charge in [-0.2, -0.15) is 9.97 Å². The van der Waals surface area contributed by atoms with Crippen LogP contribution < -0.4 is 11.1 Å². The second-order valence-electron chi connectivity index (χ2n) is 6.84. The molecule has 4 rings (SSSR count). The zero-order valence-electron chi connectivity index (χ0n) is 14.4. The highest BCUT2D eigenvalue weighted by Crippen LogP contribution is 2.27. The molecule has 130 valence electrons. The van der Waals surface area contributed by atoms with Gasteiger partial charge in [0.25, 0.3) is 0 Å². The average Bonchev–Trinajstić information content (AvgIpc) is 3.05. The maximum absolute atomic E-state index is 6.11. The number of benzene rings is 1. The Kier molecular flexibility index (Phi) is 4.50. The number of aromatic nitrogens is 4. The van der Waals surface area contributed by atoms with Gasteiger partial charge in [0, 0.05) is 13.1 Å². The van der Waals surface area contributed by atoms with Gasteiger partial charge in [-0.3, -0.25) is 0 Å². The van der Waals surface area contributed by atoms with E-state index in [1.165, 1.54) is 37.7 Å². The van der Waals surface area contributed by atoms with Crippen molar-refractivity contribution in [3.05, 3.63) is 42.2 Å². The van der Waals surface area contributed by atoms with E-state index in [2.05, 4.69) is 37.0 Å². The molecule has 0 radical (unpaired) electrons. The molecule has 1 aliphatic rings. The van der Waals surface area contributed by atoms with Gasteiger partial charge in [0.2, 0.25) is 5.95 Å². The SMILES string of the molecule is Nc1nc(NCc2ccccc2)nc2c1ncn2CC1CCCCC1. The fourth-order valence-electron chi connectivity index (χ4n) is 3.60. The first-order chi connectivity index (χ1) is 12.3. The van der Waals surface area contributed by atoms with E-state index in [4.69, 9.17) is 5.73 Å². The average molecular weight is 336 g/mol. The second-order valence-corrected chi connectivity index (χ2v) is 6.84. The third-order valence-corrected chi connectivity index (χ3v) is 4.96. The highest BCUT2D eigenvalue weighted by Gasteiger charge is 2.17. The number of nitrogens with one attached hydrogen (secondary N) is 1. The lowest BCUT2D eigenvalue weighted by Gasteiger charge is -2.21. The highest BCUT2D eigenvalue weighted by molar-refractivity contribution is 5.82. The molecule has 0 atom stereocenters. The van der Waals surface area contributed by atoms with Gasteiger partial charge in [-0.1, -0.05) is 49.6 Å². The fraction of sp³-hybridized carbons (Fsp3) is 0.421. The zero-order valence-corrected chi connectivity index (χ0v) is 14.4. The summed E-state index contributed by atoms with van der Waals surface area (Å²) in [6.45, 7) is 1.63. The van der Waals surface area contributed by atoms with Gasteiger partial charge >= 0.3 is 0 Å². The minimum absolute atomic E-state index is 0.433. The summed E-state index contributed by atoms with van der Waals surface area (Å²) in [5.41, 5.74) is 8.81. The van der Waals surface area contributed by atoms with Gasteiger partial charge in [-0.25, -0.2) is 4.98 Å². The van der Waals surface area contributed by atoms with Gasteiger partial charge in [-0.05, 0) is 24.3 Å². The molecule has 25 heavy (non-hydrogen) atoms. The number of nitrogens with zero attached hydrogens (tertiary/aromatic N) is 4. The number of anilines is 2. The number of rotatable bonds is 5. The summed E-state index contributed by atoms with van der Waals surface area (Å²) >= 11 is 0. The smallest absolute Gasteiger partial charge is 0.227 e. The number of nitrogen functional groups attached to an aromatic ring is 1. The van der Waals surface area contributed by atoms with Crippen molar-refractivity contribution >= 4 is 22.9 Å². The molecule has 0 spiro atoms. The summed E-state index contributed by atoms with van der Waals surface area (Å²) in [5, 5.41) is 3.27. The summed E-state index contributed by atoms with van der Waals surface area (Å²) in [5.74, 6) is 1.70. The minimum Gasteiger partial charge on any atom is -0.382 e. The van der Waals surface area contributed by atoms with E-state index >= 15 is 0 Å². The number of nitrogens with two attached hydrogens (primary N) is 1. The molecule has 3 N–H and O–H groups in total. The molecule has 0 bridgehead atoms. The van der Waals surface area contributed by atoms with Gasteiger partial charge in [0.15, 0.2) is 11.5 Å². The van der Waals surface area contributed by atoms with Crippen molar-refractivity contribution in [2.45, 2.75) is 45.2 Å². The van der Waals surface area contributed by atoms with Crippen LogP contribution in [0, 0.1) is 5.92 Å².